The zero-order valence-corrected chi connectivity index (χ0v) is 17.3. The number of aryl methyl sites for hydroxylation is 2. The fourth-order valence-corrected chi connectivity index (χ4v) is 2.72. The van der Waals surface area contributed by atoms with E-state index in [1.807, 2.05) is 6.92 Å². The highest BCUT2D eigenvalue weighted by Gasteiger charge is 2.20. The summed E-state index contributed by atoms with van der Waals surface area (Å²) in [6.07, 6.45) is 2.07. The standard InChI is InChI=1S/C20H27N3O6/c1-5-6-17-21-18(29-22-17)7-8-19(24)23(13-20(25)28-4)12-14-9-15(26-2)11-16(10-14)27-3/h9-11H,5-8,12-13H2,1-4H3. The van der Waals surface area contributed by atoms with Gasteiger partial charge in [0.15, 0.2) is 5.82 Å². The molecule has 0 aliphatic rings. The normalized spacial score (nSPS) is 10.5. The topological polar surface area (TPSA) is 104 Å². The van der Waals surface area contributed by atoms with Gasteiger partial charge >= 0.3 is 5.97 Å². The summed E-state index contributed by atoms with van der Waals surface area (Å²) in [5, 5.41) is 3.88. The van der Waals surface area contributed by atoms with Gasteiger partial charge in [-0.3, -0.25) is 9.59 Å². The molecule has 2 rings (SSSR count). The SMILES string of the molecule is CCCc1noc(CCC(=O)N(CC(=O)OC)Cc2cc(OC)cc(OC)c2)n1. The van der Waals surface area contributed by atoms with Crippen molar-refractivity contribution < 1.29 is 28.3 Å². The minimum Gasteiger partial charge on any atom is -0.497 e. The van der Waals surface area contributed by atoms with Crippen LogP contribution in [0.25, 0.3) is 0 Å². The van der Waals surface area contributed by atoms with E-state index in [-0.39, 0.29) is 25.4 Å². The van der Waals surface area contributed by atoms with Crippen LogP contribution in [0.15, 0.2) is 22.7 Å². The molecule has 0 radical (unpaired) electrons. The van der Waals surface area contributed by atoms with Gasteiger partial charge in [0.05, 0.1) is 21.3 Å². The van der Waals surface area contributed by atoms with Crippen LogP contribution in [0.5, 0.6) is 11.5 Å². The average molecular weight is 405 g/mol. The van der Waals surface area contributed by atoms with Gasteiger partial charge in [0.1, 0.15) is 18.0 Å². The average Bonchev–Trinajstić information content (AvgIpc) is 3.18. The number of benzene rings is 1. The van der Waals surface area contributed by atoms with Crippen LogP contribution in [0, 0.1) is 0 Å². The zero-order valence-electron chi connectivity index (χ0n) is 17.3. The molecule has 1 aromatic carbocycles. The van der Waals surface area contributed by atoms with Gasteiger partial charge in [0.2, 0.25) is 11.8 Å². The number of rotatable bonds is 11. The van der Waals surface area contributed by atoms with Crippen LogP contribution in [-0.4, -0.2) is 54.8 Å². The van der Waals surface area contributed by atoms with E-state index < -0.39 is 5.97 Å². The molecule has 9 nitrogen and oxygen atoms in total. The Bertz CT molecular complexity index is 798. The van der Waals surface area contributed by atoms with E-state index >= 15 is 0 Å². The zero-order chi connectivity index (χ0) is 21.2. The fraction of sp³-hybridized carbons (Fsp3) is 0.500. The number of nitrogens with zero attached hydrogens (tertiary/aromatic N) is 3. The Balaban J connectivity index is 2.09. The minimum atomic E-state index is -0.503. The van der Waals surface area contributed by atoms with Crippen molar-refractivity contribution in [3.05, 3.63) is 35.5 Å². The smallest absolute Gasteiger partial charge is 0.325 e. The Morgan fingerprint density at radius 2 is 1.76 bits per heavy atom. The molecule has 0 unspecified atom stereocenters. The number of aromatic nitrogens is 2. The molecule has 1 amide bonds. The predicted octanol–water partition coefficient (Wildman–Crippen LogP) is 2.17. The van der Waals surface area contributed by atoms with Gasteiger partial charge in [-0.05, 0) is 24.1 Å². The second-order valence-corrected chi connectivity index (χ2v) is 6.40. The lowest BCUT2D eigenvalue weighted by molar-refractivity contribution is -0.147. The lowest BCUT2D eigenvalue weighted by Gasteiger charge is -2.22. The summed E-state index contributed by atoms with van der Waals surface area (Å²) in [6.45, 7) is 2.06. The summed E-state index contributed by atoms with van der Waals surface area (Å²) in [4.78, 5) is 30.3. The third kappa shape index (κ3) is 6.78. The van der Waals surface area contributed by atoms with Crippen LogP contribution in [0.3, 0.4) is 0 Å². The molecule has 0 bridgehead atoms. The van der Waals surface area contributed by atoms with Crippen molar-refractivity contribution in [1.82, 2.24) is 15.0 Å². The number of carbonyl (C=O) groups excluding carboxylic acids is 2. The molecule has 0 N–H and O–H groups in total. The van der Waals surface area contributed by atoms with E-state index in [1.165, 1.54) is 12.0 Å². The molecular formula is C20H27N3O6. The predicted molar refractivity (Wildman–Crippen MR) is 104 cm³/mol. The summed E-state index contributed by atoms with van der Waals surface area (Å²) in [6, 6.07) is 5.31. The first-order valence-corrected chi connectivity index (χ1v) is 9.37. The molecule has 0 fully saturated rings. The quantitative estimate of drug-likeness (QED) is 0.524. The summed E-state index contributed by atoms with van der Waals surface area (Å²) < 4.78 is 20.4. The molecular weight excluding hydrogens is 378 g/mol. The molecule has 2 aromatic rings. The number of ether oxygens (including phenoxy) is 3. The summed E-state index contributed by atoms with van der Waals surface area (Å²) in [5.74, 6) is 1.50. The Kier molecular flexibility index (Phi) is 8.45. The van der Waals surface area contributed by atoms with Gasteiger partial charge in [-0.1, -0.05) is 12.1 Å². The Morgan fingerprint density at radius 1 is 1.07 bits per heavy atom. The molecule has 0 atom stereocenters. The molecule has 0 aliphatic carbocycles. The van der Waals surface area contributed by atoms with Gasteiger partial charge in [0.25, 0.3) is 0 Å². The Labute approximate surface area is 169 Å². The lowest BCUT2D eigenvalue weighted by atomic mass is 10.1. The van der Waals surface area contributed by atoms with Crippen molar-refractivity contribution in [1.29, 1.82) is 0 Å². The maximum absolute atomic E-state index is 12.8. The number of hydrogen-bond donors (Lipinski definition) is 0. The number of carbonyl (C=O) groups is 2. The van der Waals surface area contributed by atoms with Crippen molar-refractivity contribution in [3.63, 3.8) is 0 Å². The molecule has 1 aromatic heterocycles. The Hall–Kier alpha value is -3.10. The van der Waals surface area contributed by atoms with Crippen LogP contribution in [0.2, 0.25) is 0 Å². The monoisotopic (exact) mass is 405 g/mol. The highest BCUT2D eigenvalue weighted by Crippen LogP contribution is 2.23. The van der Waals surface area contributed by atoms with Crippen LogP contribution in [-0.2, 0) is 33.7 Å². The van der Waals surface area contributed by atoms with Crippen LogP contribution >= 0.6 is 0 Å². The van der Waals surface area contributed by atoms with Crippen LogP contribution < -0.4 is 9.47 Å². The number of esters is 1. The van der Waals surface area contributed by atoms with E-state index in [4.69, 9.17) is 18.7 Å². The molecule has 0 aliphatic heterocycles. The van der Waals surface area contributed by atoms with Crippen molar-refractivity contribution in [2.24, 2.45) is 0 Å². The van der Waals surface area contributed by atoms with E-state index in [1.54, 1.807) is 32.4 Å². The molecule has 0 saturated heterocycles. The largest absolute Gasteiger partial charge is 0.497 e. The molecule has 29 heavy (non-hydrogen) atoms. The Morgan fingerprint density at radius 3 is 2.34 bits per heavy atom. The van der Waals surface area contributed by atoms with Gasteiger partial charge in [-0.2, -0.15) is 4.98 Å². The van der Waals surface area contributed by atoms with Crippen molar-refractivity contribution >= 4 is 11.9 Å². The number of methoxy groups -OCH3 is 3. The first-order valence-electron chi connectivity index (χ1n) is 9.37. The maximum atomic E-state index is 12.8. The first-order chi connectivity index (χ1) is 14.0. The van der Waals surface area contributed by atoms with Gasteiger partial charge in [-0.15, -0.1) is 0 Å². The second kappa shape index (κ2) is 11.0. The van der Waals surface area contributed by atoms with Gasteiger partial charge in [-0.25, -0.2) is 0 Å². The van der Waals surface area contributed by atoms with Crippen molar-refractivity contribution in [2.75, 3.05) is 27.9 Å². The maximum Gasteiger partial charge on any atom is 0.325 e. The van der Waals surface area contributed by atoms with E-state index in [0.29, 0.717) is 29.6 Å². The summed E-state index contributed by atoms with van der Waals surface area (Å²) in [7, 11) is 4.38. The van der Waals surface area contributed by atoms with Crippen LogP contribution in [0.1, 0.15) is 37.0 Å². The summed E-state index contributed by atoms with van der Waals surface area (Å²) in [5.41, 5.74) is 0.765. The first kappa shape index (κ1) is 22.2. The molecule has 0 saturated carbocycles. The lowest BCUT2D eigenvalue weighted by Crippen LogP contribution is -2.36. The second-order valence-electron chi connectivity index (χ2n) is 6.40. The highest BCUT2D eigenvalue weighted by atomic mass is 16.5. The number of hydrogen-bond acceptors (Lipinski definition) is 8. The highest BCUT2D eigenvalue weighted by molar-refractivity contribution is 5.82. The van der Waals surface area contributed by atoms with E-state index in [2.05, 4.69) is 10.1 Å². The minimum absolute atomic E-state index is 0.131. The van der Waals surface area contributed by atoms with Crippen LogP contribution in [0.4, 0.5) is 0 Å². The fourth-order valence-electron chi connectivity index (χ4n) is 2.72. The van der Waals surface area contributed by atoms with Gasteiger partial charge in [0, 0.05) is 31.9 Å². The van der Waals surface area contributed by atoms with Crippen molar-refractivity contribution in [3.8, 4) is 11.5 Å². The molecule has 158 valence electrons. The third-order valence-electron chi connectivity index (χ3n) is 4.22. The van der Waals surface area contributed by atoms with Gasteiger partial charge < -0.3 is 23.6 Å². The van der Waals surface area contributed by atoms with E-state index in [9.17, 15) is 9.59 Å². The van der Waals surface area contributed by atoms with E-state index in [0.717, 1.165) is 18.4 Å². The summed E-state index contributed by atoms with van der Waals surface area (Å²) >= 11 is 0. The number of amides is 1. The molecule has 9 heteroatoms. The third-order valence-corrected chi connectivity index (χ3v) is 4.22. The molecule has 1 heterocycles. The molecule has 0 spiro atoms. The van der Waals surface area contributed by atoms with Crippen molar-refractivity contribution in [2.45, 2.75) is 39.2 Å².